The van der Waals surface area contributed by atoms with E-state index in [1.807, 2.05) is 26.8 Å². The third-order valence-electron chi connectivity index (χ3n) is 7.99. The van der Waals surface area contributed by atoms with Crippen LogP contribution in [-0.4, -0.2) is 77.7 Å². The summed E-state index contributed by atoms with van der Waals surface area (Å²) in [6.07, 6.45) is 1.98. The second kappa shape index (κ2) is 11.3. The summed E-state index contributed by atoms with van der Waals surface area (Å²) in [6, 6.07) is 5.34. The highest BCUT2D eigenvalue weighted by atomic mass is 35.5. The van der Waals surface area contributed by atoms with Gasteiger partial charge in [0.25, 0.3) is 0 Å². The van der Waals surface area contributed by atoms with Crippen LogP contribution in [0.2, 0.25) is 5.02 Å². The number of nitrogens with one attached hydrogen (secondary N) is 1. The molecule has 214 valence electrons. The predicted molar refractivity (Wildman–Crippen MR) is 150 cm³/mol. The number of methoxy groups -OCH3 is 1. The standard InChI is InChI=1S/C29H36ClN5O5/c1-16-24(8-19-10-29(11-19)14-35(15-29)28(37)38-5)32-27(33-26(16)25-17(2)34-40-18(25)3)22-9-21(6-7-23(22)30)39-13-20(36)12-31-4/h6-7,9,19-20,31,36H,8,10-15H2,1-5H3. The molecule has 2 fully saturated rings. The fourth-order valence-corrected chi connectivity index (χ4v) is 6.26. The molecule has 5 rings (SSSR count). The van der Waals surface area contributed by atoms with Gasteiger partial charge < -0.3 is 29.3 Å². The lowest BCUT2D eigenvalue weighted by atomic mass is 9.57. The molecule has 1 spiro atoms. The van der Waals surface area contributed by atoms with E-state index in [0.29, 0.717) is 40.4 Å². The normalized spacial score (nSPS) is 16.9. The number of hydrogen-bond donors (Lipinski definition) is 2. The summed E-state index contributed by atoms with van der Waals surface area (Å²) in [7, 11) is 3.20. The van der Waals surface area contributed by atoms with Crippen molar-refractivity contribution < 1.29 is 23.9 Å². The number of carbonyl (C=O) groups is 1. The number of aromatic nitrogens is 3. The van der Waals surface area contributed by atoms with Crippen LogP contribution in [0.25, 0.3) is 22.6 Å². The van der Waals surface area contributed by atoms with Gasteiger partial charge in [-0.15, -0.1) is 0 Å². The Morgan fingerprint density at radius 1 is 1.27 bits per heavy atom. The molecule has 40 heavy (non-hydrogen) atoms. The fraction of sp³-hybridized carbons (Fsp3) is 0.517. The molecule has 3 heterocycles. The second-order valence-corrected chi connectivity index (χ2v) is 11.5. The average Bonchev–Trinajstić information content (AvgIpc) is 3.22. The Balaban J connectivity index is 1.44. The number of likely N-dealkylation sites (N-methyl/N-ethyl adjacent to an activating group) is 1. The summed E-state index contributed by atoms with van der Waals surface area (Å²) >= 11 is 6.67. The molecule has 2 aliphatic rings. The summed E-state index contributed by atoms with van der Waals surface area (Å²) in [6.45, 7) is 7.90. The van der Waals surface area contributed by atoms with Crippen LogP contribution in [0.3, 0.4) is 0 Å². The Morgan fingerprint density at radius 2 is 2.02 bits per heavy atom. The number of nitrogens with zero attached hydrogens (tertiary/aromatic N) is 4. The van der Waals surface area contributed by atoms with Gasteiger partial charge in [0, 0.05) is 36.3 Å². The highest BCUT2D eigenvalue weighted by Crippen LogP contribution is 2.53. The minimum absolute atomic E-state index is 0.142. The fourth-order valence-electron chi connectivity index (χ4n) is 6.06. The first-order valence-corrected chi connectivity index (χ1v) is 13.9. The van der Waals surface area contributed by atoms with E-state index in [1.54, 1.807) is 24.1 Å². The third-order valence-corrected chi connectivity index (χ3v) is 8.32. The van der Waals surface area contributed by atoms with Gasteiger partial charge >= 0.3 is 6.09 Å². The van der Waals surface area contributed by atoms with Crippen molar-refractivity contribution >= 4 is 17.7 Å². The van der Waals surface area contributed by atoms with E-state index in [4.69, 9.17) is 35.6 Å². The number of aliphatic hydroxyl groups is 1. The summed E-state index contributed by atoms with van der Waals surface area (Å²) in [5.41, 5.74) is 5.18. The monoisotopic (exact) mass is 569 g/mol. The highest BCUT2D eigenvalue weighted by molar-refractivity contribution is 6.33. The van der Waals surface area contributed by atoms with E-state index in [-0.39, 0.29) is 18.1 Å². The minimum atomic E-state index is -0.640. The molecule has 10 nitrogen and oxygen atoms in total. The van der Waals surface area contributed by atoms with Crippen LogP contribution in [0.15, 0.2) is 22.7 Å². The minimum Gasteiger partial charge on any atom is -0.491 e. The van der Waals surface area contributed by atoms with Crippen LogP contribution in [0.4, 0.5) is 4.79 Å². The SMILES string of the molecule is CNCC(O)COc1ccc(Cl)c(-c2nc(CC3CC4(C3)CN(C(=O)OC)C4)c(C)c(-c3c(C)noc3C)n2)c1. The maximum atomic E-state index is 11.8. The maximum Gasteiger partial charge on any atom is 0.409 e. The van der Waals surface area contributed by atoms with Crippen LogP contribution in [0.5, 0.6) is 5.75 Å². The Morgan fingerprint density at radius 3 is 2.67 bits per heavy atom. The zero-order chi connectivity index (χ0) is 28.6. The molecule has 1 aliphatic carbocycles. The van der Waals surface area contributed by atoms with E-state index in [1.165, 1.54) is 7.11 Å². The lowest BCUT2D eigenvalue weighted by Crippen LogP contribution is -2.63. The molecule has 2 aromatic heterocycles. The van der Waals surface area contributed by atoms with Gasteiger partial charge in [0.2, 0.25) is 0 Å². The largest absolute Gasteiger partial charge is 0.491 e. The van der Waals surface area contributed by atoms with E-state index in [0.717, 1.165) is 60.6 Å². The van der Waals surface area contributed by atoms with Crippen molar-refractivity contribution in [2.45, 2.75) is 46.1 Å². The molecule has 0 radical (unpaired) electrons. The van der Waals surface area contributed by atoms with Gasteiger partial charge in [-0.1, -0.05) is 16.8 Å². The van der Waals surface area contributed by atoms with E-state index < -0.39 is 6.10 Å². The maximum absolute atomic E-state index is 11.8. The van der Waals surface area contributed by atoms with Gasteiger partial charge in [-0.25, -0.2) is 14.8 Å². The zero-order valence-electron chi connectivity index (χ0n) is 23.6. The molecule has 3 aromatic rings. The first-order valence-electron chi connectivity index (χ1n) is 13.5. The molecule has 0 bridgehead atoms. The number of aliphatic hydroxyl groups excluding tert-OH is 1. The molecule has 1 aliphatic heterocycles. The van der Waals surface area contributed by atoms with Crippen molar-refractivity contribution in [3.8, 4) is 28.4 Å². The number of hydrogen-bond acceptors (Lipinski definition) is 9. The molecule has 1 saturated carbocycles. The van der Waals surface area contributed by atoms with Crippen molar-refractivity contribution in [3.63, 3.8) is 0 Å². The Labute approximate surface area is 239 Å². The molecular weight excluding hydrogens is 534 g/mol. The van der Waals surface area contributed by atoms with Crippen molar-refractivity contribution in [2.24, 2.45) is 11.3 Å². The van der Waals surface area contributed by atoms with Gasteiger partial charge in [-0.2, -0.15) is 0 Å². The van der Waals surface area contributed by atoms with Crippen molar-refractivity contribution in [1.29, 1.82) is 0 Å². The number of aryl methyl sites for hydroxylation is 2. The number of rotatable bonds is 9. The number of benzene rings is 1. The van der Waals surface area contributed by atoms with Gasteiger partial charge in [0.05, 0.1) is 29.1 Å². The highest BCUT2D eigenvalue weighted by Gasteiger charge is 2.53. The molecule has 1 atom stereocenters. The molecule has 1 amide bonds. The van der Waals surface area contributed by atoms with E-state index >= 15 is 0 Å². The summed E-state index contributed by atoms with van der Waals surface area (Å²) in [4.78, 5) is 23.6. The molecule has 1 aromatic carbocycles. The summed E-state index contributed by atoms with van der Waals surface area (Å²) in [5.74, 6) is 2.21. The number of ether oxygens (including phenoxy) is 2. The van der Waals surface area contributed by atoms with Crippen LogP contribution in [0.1, 0.15) is 35.6 Å². The van der Waals surface area contributed by atoms with Gasteiger partial charge in [-0.05, 0) is 76.8 Å². The van der Waals surface area contributed by atoms with Crippen molar-refractivity contribution in [2.75, 3.05) is 40.4 Å². The molecule has 2 N–H and O–H groups in total. The van der Waals surface area contributed by atoms with Crippen molar-refractivity contribution in [1.82, 2.24) is 25.3 Å². The van der Waals surface area contributed by atoms with Crippen LogP contribution in [0, 0.1) is 32.1 Å². The first-order chi connectivity index (χ1) is 19.1. The van der Waals surface area contributed by atoms with Crippen LogP contribution in [-0.2, 0) is 11.2 Å². The smallest absolute Gasteiger partial charge is 0.409 e. The average molecular weight is 570 g/mol. The molecule has 1 saturated heterocycles. The lowest BCUT2D eigenvalue weighted by Gasteiger charge is -2.58. The topological polar surface area (TPSA) is 123 Å². The number of carbonyl (C=O) groups excluding carboxylic acids is 1. The Kier molecular flexibility index (Phi) is 8.03. The van der Waals surface area contributed by atoms with Crippen molar-refractivity contribution in [3.05, 3.63) is 45.9 Å². The number of amides is 1. The lowest BCUT2D eigenvalue weighted by molar-refractivity contribution is -0.0821. The number of halogens is 1. The second-order valence-electron chi connectivity index (χ2n) is 11.1. The quantitative estimate of drug-likeness (QED) is 0.387. The molecule has 1 unspecified atom stereocenters. The Hall–Kier alpha value is -3.21. The third kappa shape index (κ3) is 5.53. The Bertz CT molecular complexity index is 1380. The van der Waals surface area contributed by atoms with Gasteiger partial charge in [0.15, 0.2) is 5.82 Å². The predicted octanol–water partition coefficient (Wildman–Crippen LogP) is 4.36. The van der Waals surface area contributed by atoms with Crippen LogP contribution >= 0.6 is 11.6 Å². The molecular formula is C29H36ClN5O5. The summed E-state index contributed by atoms with van der Waals surface area (Å²) < 4.78 is 16.2. The van der Waals surface area contributed by atoms with E-state index in [9.17, 15) is 9.90 Å². The van der Waals surface area contributed by atoms with Gasteiger partial charge in [0.1, 0.15) is 24.2 Å². The zero-order valence-corrected chi connectivity index (χ0v) is 24.3. The van der Waals surface area contributed by atoms with Crippen LogP contribution < -0.4 is 10.1 Å². The van der Waals surface area contributed by atoms with E-state index in [2.05, 4.69) is 10.5 Å². The number of likely N-dealkylation sites (tertiary alicyclic amines) is 1. The summed E-state index contributed by atoms with van der Waals surface area (Å²) in [5, 5.41) is 17.6. The molecule has 11 heteroatoms. The first kappa shape index (κ1) is 28.3. The van der Waals surface area contributed by atoms with Gasteiger partial charge in [-0.3, -0.25) is 0 Å².